The fourth-order valence-corrected chi connectivity index (χ4v) is 8.07. The molecule has 4 aromatic rings. The molecule has 5 atom stereocenters. The Labute approximate surface area is 328 Å². The Balaban J connectivity index is 1.11. The van der Waals surface area contributed by atoms with Crippen LogP contribution in [0.3, 0.4) is 0 Å². The fourth-order valence-electron chi connectivity index (χ4n) is 8.07. The van der Waals surface area contributed by atoms with Crippen LogP contribution in [0, 0.1) is 11.8 Å². The average molecular weight is 766 g/mol. The molecule has 2 bridgehead atoms. The number of amides is 3. The Hall–Kier alpha value is -5.01. The van der Waals surface area contributed by atoms with Crippen molar-refractivity contribution in [1.29, 1.82) is 0 Å². The lowest BCUT2D eigenvalue weighted by molar-refractivity contribution is -0.138. The monoisotopic (exact) mass is 765 g/mol. The minimum absolute atomic E-state index is 0.0220. The third-order valence-corrected chi connectivity index (χ3v) is 11.7. The molecule has 5 heterocycles. The number of hydrogen-bond acceptors (Lipinski definition) is 8. The quantitative estimate of drug-likeness (QED) is 0.186. The summed E-state index contributed by atoms with van der Waals surface area (Å²) in [4.78, 5) is 59.8. The molecule has 3 N–H and O–H groups in total. The van der Waals surface area contributed by atoms with E-state index in [1.807, 2.05) is 24.2 Å². The van der Waals surface area contributed by atoms with Crippen molar-refractivity contribution in [1.82, 2.24) is 35.1 Å². The molecule has 298 valence electrons. The normalized spacial score (nSPS) is 22.7. The summed E-state index contributed by atoms with van der Waals surface area (Å²) in [5.41, 5.74) is 6.95. The number of fused-ring (bicyclic) bond motifs is 6. The van der Waals surface area contributed by atoms with Crippen LogP contribution in [0.25, 0.3) is 33.6 Å². The predicted octanol–water partition coefficient (Wildman–Crippen LogP) is 7.19. The number of methoxy groups -OCH3 is 1. The van der Waals surface area contributed by atoms with Crippen LogP contribution in [0.15, 0.2) is 54.9 Å². The van der Waals surface area contributed by atoms with Gasteiger partial charge in [-0.3, -0.25) is 9.59 Å². The lowest BCUT2D eigenvalue weighted by atomic mass is 9.96. The maximum Gasteiger partial charge on any atom is 0.407 e. The highest BCUT2D eigenvalue weighted by atomic mass is 16.5. The number of hydrogen-bond donors (Lipinski definition) is 3. The van der Waals surface area contributed by atoms with Crippen molar-refractivity contribution >= 4 is 17.9 Å². The first-order valence-corrected chi connectivity index (χ1v) is 20.1. The number of aromatic nitrogens is 4. The summed E-state index contributed by atoms with van der Waals surface area (Å²) in [6.45, 7) is 10.7. The summed E-state index contributed by atoms with van der Waals surface area (Å²) in [7, 11) is 1.28. The second-order valence-electron chi connectivity index (χ2n) is 15.7. The lowest BCUT2D eigenvalue weighted by Crippen LogP contribution is -2.54. The van der Waals surface area contributed by atoms with E-state index in [1.54, 1.807) is 11.8 Å². The minimum atomic E-state index is -0.896. The highest BCUT2D eigenvalue weighted by Crippen LogP contribution is 2.36. The number of alkyl carbamates (subject to hydrolysis) is 1. The Bertz CT molecular complexity index is 1990. The van der Waals surface area contributed by atoms with Gasteiger partial charge in [-0.25, -0.2) is 14.8 Å². The van der Waals surface area contributed by atoms with Crippen molar-refractivity contribution in [3.05, 3.63) is 72.1 Å². The van der Waals surface area contributed by atoms with Crippen LogP contribution in [-0.2, 0) is 30.4 Å². The zero-order chi connectivity index (χ0) is 39.3. The molecule has 3 aliphatic heterocycles. The molecule has 56 heavy (non-hydrogen) atoms. The molecule has 2 aromatic heterocycles. The molecule has 2 saturated heterocycles. The molecule has 7 rings (SSSR count). The minimum Gasteiger partial charge on any atom is -0.453 e. The topological polar surface area (TPSA) is 155 Å². The second-order valence-corrected chi connectivity index (χ2v) is 15.7. The van der Waals surface area contributed by atoms with Gasteiger partial charge < -0.3 is 39.3 Å². The molecule has 0 saturated carbocycles. The summed E-state index contributed by atoms with van der Waals surface area (Å²) in [6, 6.07) is 13.7. The fraction of sp³-hybridized carbons (Fsp3) is 0.512. The number of H-pyrrole nitrogens is 2. The van der Waals surface area contributed by atoms with Crippen molar-refractivity contribution in [2.45, 2.75) is 97.1 Å². The van der Waals surface area contributed by atoms with Crippen LogP contribution in [0.2, 0.25) is 0 Å². The smallest absolute Gasteiger partial charge is 0.407 e. The zero-order valence-corrected chi connectivity index (χ0v) is 33.2. The Morgan fingerprint density at radius 2 is 1.52 bits per heavy atom. The van der Waals surface area contributed by atoms with Gasteiger partial charge in [0.2, 0.25) is 11.8 Å². The Kier molecular flexibility index (Phi) is 12.2. The molecule has 3 aliphatic rings. The SMILES string of the molecule is COC(=O)N[C@@H]1C(=O)N2CCC[C@H]2c2ncc([nH]2)-c2ccc(-c3ccc(-c4cnc([C@@H]5CCCN5C(=O)[C@@H](C)C(C)C)[nH]4)cc3)cc2COCCCCO[C@@H]1C. The first kappa shape index (κ1) is 39.2. The van der Waals surface area contributed by atoms with E-state index >= 15 is 0 Å². The van der Waals surface area contributed by atoms with Crippen molar-refractivity contribution in [2.24, 2.45) is 11.8 Å². The molecule has 0 unspecified atom stereocenters. The summed E-state index contributed by atoms with van der Waals surface area (Å²) in [5, 5.41) is 2.71. The first-order valence-electron chi connectivity index (χ1n) is 20.1. The predicted molar refractivity (Wildman–Crippen MR) is 212 cm³/mol. The number of nitrogens with zero attached hydrogens (tertiary/aromatic N) is 4. The molecule has 0 aliphatic carbocycles. The number of carbonyl (C=O) groups excluding carboxylic acids is 3. The van der Waals surface area contributed by atoms with E-state index in [0.717, 1.165) is 90.1 Å². The third-order valence-electron chi connectivity index (χ3n) is 11.7. The Morgan fingerprint density at radius 1 is 0.857 bits per heavy atom. The van der Waals surface area contributed by atoms with Gasteiger partial charge in [0.25, 0.3) is 0 Å². The van der Waals surface area contributed by atoms with E-state index in [-0.39, 0.29) is 29.8 Å². The van der Waals surface area contributed by atoms with Crippen LogP contribution >= 0.6 is 0 Å². The number of rotatable bonds is 6. The summed E-state index contributed by atoms with van der Waals surface area (Å²) in [5.74, 6) is 1.80. The van der Waals surface area contributed by atoms with Crippen molar-refractivity contribution < 1.29 is 28.6 Å². The lowest BCUT2D eigenvalue weighted by Gasteiger charge is -2.31. The van der Waals surface area contributed by atoms with Crippen molar-refractivity contribution in [3.63, 3.8) is 0 Å². The van der Waals surface area contributed by atoms with Crippen molar-refractivity contribution in [2.75, 3.05) is 33.4 Å². The largest absolute Gasteiger partial charge is 0.453 e. The van der Waals surface area contributed by atoms with Gasteiger partial charge in [-0.1, -0.05) is 57.2 Å². The molecule has 0 radical (unpaired) electrons. The van der Waals surface area contributed by atoms with Gasteiger partial charge in [0.15, 0.2) is 0 Å². The highest BCUT2D eigenvalue weighted by molar-refractivity contribution is 5.87. The molecule has 3 amide bonds. The summed E-state index contributed by atoms with van der Waals surface area (Å²) in [6.07, 6.45) is 7.44. The zero-order valence-electron chi connectivity index (χ0n) is 33.2. The second kappa shape index (κ2) is 17.4. The highest BCUT2D eigenvalue weighted by Gasteiger charge is 2.39. The van der Waals surface area contributed by atoms with E-state index in [2.05, 4.69) is 71.6 Å². The van der Waals surface area contributed by atoms with Crippen molar-refractivity contribution in [3.8, 4) is 33.6 Å². The third kappa shape index (κ3) is 8.39. The van der Waals surface area contributed by atoms with E-state index in [1.165, 1.54) is 7.11 Å². The summed E-state index contributed by atoms with van der Waals surface area (Å²) < 4.78 is 17.1. The molecule has 13 nitrogen and oxygen atoms in total. The van der Waals surface area contributed by atoms with Crippen LogP contribution in [0.1, 0.15) is 95.5 Å². The number of ether oxygens (including phenoxy) is 3. The molecular weight excluding hydrogens is 711 g/mol. The number of nitrogens with one attached hydrogen (secondary N) is 3. The number of carbonyl (C=O) groups is 3. The van der Waals surface area contributed by atoms with E-state index in [9.17, 15) is 14.4 Å². The maximum atomic E-state index is 14.0. The molecule has 0 spiro atoms. The van der Waals surface area contributed by atoms with E-state index < -0.39 is 18.2 Å². The van der Waals surface area contributed by atoms with Gasteiger partial charge in [-0.2, -0.15) is 0 Å². The van der Waals surface area contributed by atoms with Crippen LogP contribution in [0.4, 0.5) is 4.79 Å². The number of aromatic amines is 2. The van der Waals surface area contributed by atoms with Gasteiger partial charge in [-0.15, -0.1) is 0 Å². The average Bonchev–Trinajstić information content (AvgIpc) is 4.05. The van der Waals surface area contributed by atoms with Gasteiger partial charge in [-0.05, 0) is 79.7 Å². The van der Waals surface area contributed by atoms with Crippen LogP contribution < -0.4 is 5.32 Å². The van der Waals surface area contributed by atoms with Gasteiger partial charge in [0, 0.05) is 37.8 Å². The van der Waals surface area contributed by atoms with Crippen LogP contribution in [-0.4, -0.2) is 93.2 Å². The molecule has 13 heteroatoms. The van der Waals surface area contributed by atoms with E-state index in [0.29, 0.717) is 38.1 Å². The standard InChI is InChI=1S/C43H55N7O6/c1-26(2)27(3)41(51)49-18-8-10-36(49)39-44-23-34(46-39)30-14-12-29(13-15-30)31-16-17-33-32(22-31)25-55-20-6-7-21-56-28(4)38(48-43(53)54-5)42(52)50-19-9-11-37(50)40-45-24-35(33)47-40/h12-17,22-24,26-28,36-38H,6-11,18-21,25H2,1-5H3,(H,44,46)(H,45,47)(H,48,53)/t27-,28+,36-,37-,38-/m0/s1. The van der Waals surface area contributed by atoms with Gasteiger partial charge >= 0.3 is 6.09 Å². The number of imidazole rings is 2. The summed E-state index contributed by atoms with van der Waals surface area (Å²) >= 11 is 0. The van der Waals surface area contributed by atoms with Gasteiger partial charge in [0.1, 0.15) is 17.7 Å². The molecule has 2 fully saturated rings. The van der Waals surface area contributed by atoms with Crippen LogP contribution in [0.5, 0.6) is 0 Å². The van der Waals surface area contributed by atoms with E-state index in [4.69, 9.17) is 24.2 Å². The number of likely N-dealkylation sites (tertiary alicyclic amines) is 1. The molecule has 2 aromatic carbocycles. The number of benzene rings is 2. The molecular formula is C43H55N7O6. The van der Waals surface area contributed by atoms with Gasteiger partial charge in [0.05, 0.1) is 55.7 Å². The Morgan fingerprint density at radius 3 is 2.29 bits per heavy atom. The first-order chi connectivity index (χ1) is 27.1. The maximum absolute atomic E-state index is 14.0.